The Labute approximate surface area is 116 Å². The van der Waals surface area contributed by atoms with Gasteiger partial charge in [-0.1, -0.05) is 23.4 Å². The van der Waals surface area contributed by atoms with E-state index in [4.69, 9.17) is 11.6 Å². The second-order valence-corrected chi connectivity index (χ2v) is 6.64. The summed E-state index contributed by atoms with van der Waals surface area (Å²) in [5.41, 5.74) is 4.11. The van der Waals surface area contributed by atoms with E-state index in [1.54, 1.807) is 11.3 Å². The number of thiazole rings is 1. The number of hydrogen-bond donors (Lipinski definition) is 1. The maximum atomic E-state index is 11.6. The summed E-state index contributed by atoms with van der Waals surface area (Å²) >= 11 is 8.89. The number of rotatable bonds is 2. The van der Waals surface area contributed by atoms with Crippen LogP contribution < -0.4 is 5.43 Å². The SMILES string of the molecule is CC1=NNC(=O)C1Sc1nc2cc(Cl)ccc2s1. The van der Waals surface area contributed by atoms with E-state index in [0.29, 0.717) is 5.02 Å². The van der Waals surface area contributed by atoms with E-state index in [0.717, 1.165) is 20.3 Å². The van der Waals surface area contributed by atoms with Crippen LogP contribution in [0.2, 0.25) is 5.02 Å². The Balaban J connectivity index is 1.91. The van der Waals surface area contributed by atoms with Crippen LogP contribution in [0.25, 0.3) is 10.2 Å². The van der Waals surface area contributed by atoms with Gasteiger partial charge >= 0.3 is 0 Å². The molecule has 1 aliphatic heterocycles. The second kappa shape index (κ2) is 4.53. The average molecular weight is 298 g/mol. The van der Waals surface area contributed by atoms with E-state index in [2.05, 4.69) is 15.5 Å². The van der Waals surface area contributed by atoms with Gasteiger partial charge in [0, 0.05) is 5.02 Å². The van der Waals surface area contributed by atoms with Gasteiger partial charge in [0.05, 0.1) is 15.9 Å². The normalized spacial score (nSPS) is 19.1. The number of hydrazone groups is 1. The van der Waals surface area contributed by atoms with Crippen molar-refractivity contribution in [2.24, 2.45) is 5.10 Å². The largest absolute Gasteiger partial charge is 0.271 e. The first kappa shape index (κ1) is 12.0. The molecule has 2 heterocycles. The van der Waals surface area contributed by atoms with Crippen LogP contribution in [0.3, 0.4) is 0 Å². The standard InChI is InChI=1S/C11H8ClN3OS2/c1-5-9(10(16)15-14-5)18-11-13-7-4-6(12)2-3-8(7)17-11/h2-4,9H,1H3,(H,15,16). The molecule has 0 fully saturated rings. The first-order chi connectivity index (χ1) is 8.63. The lowest BCUT2D eigenvalue weighted by atomic mass is 10.3. The fraction of sp³-hybridized carbons (Fsp3) is 0.182. The van der Waals surface area contributed by atoms with Crippen LogP contribution in [0.15, 0.2) is 27.6 Å². The van der Waals surface area contributed by atoms with Crippen molar-refractivity contribution in [3.63, 3.8) is 0 Å². The number of nitrogens with zero attached hydrogens (tertiary/aromatic N) is 2. The van der Waals surface area contributed by atoms with E-state index in [1.807, 2.05) is 25.1 Å². The van der Waals surface area contributed by atoms with Crippen LogP contribution in [-0.4, -0.2) is 21.9 Å². The highest BCUT2D eigenvalue weighted by molar-refractivity contribution is 8.03. The summed E-state index contributed by atoms with van der Waals surface area (Å²) in [7, 11) is 0. The highest BCUT2D eigenvalue weighted by Gasteiger charge is 2.29. The van der Waals surface area contributed by atoms with Crippen LogP contribution >= 0.6 is 34.7 Å². The van der Waals surface area contributed by atoms with Gasteiger partial charge in [-0.3, -0.25) is 4.79 Å². The fourth-order valence-corrected chi connectivity index (χ4v) is 3.95. The van der Waals surface area contributed by atoms with Crippen molar-refractivity contribution < 1.29 is 4.79 Å². The Kier molecular flexibility index (Phi) is 3.01. The lowest BCUT2D eigenvalue weighted by Gasteiger charge is -2.03. The third-order valence-electron chi connectivity index (χ3n) is 2.51. The van der Waals surface area contributed by atoms with Gasteiger partial charge in [0.15, 0.2) is 4.34 Å². The summed E-state index contributed by atoms with van der Waals surface area (Å²) in [4.78, 5) is 16.0. The van der Waals surface area contributed by atoms with Gasteiger partial charge in [-0.2, -0.15) is 5.10 Å². The minimum absolute atomic E-state index is 0.0882. The number of carbonyl (C=O) groups excluding carboxylic acids is 1. The Morgan fingerprint density at radius 1 is 1.50 bits per heavy atom. The third-order valence-corrected chi connectivity index (χ3v) is 5.20. The zero-order valence-corrected chi connectivity index (χ0v) is 11.7. The first-order valence-electron chi connectivity index (χ1n) is 5.20. The highest BCUT2D eigenvalue weighted by Crippen LogP contribution is 2.34. The molecule has 1 atom stereocenters. The van der Waals surface area contributed by atoms with Crippen molar-refractivity contribution >= 4 is 56.5 Å². The van der Waals surface area contributed by atoms with Crippen LogP contribution in [0.4, 0.5) is 0 Å². The van der Waals surface area contributed by atoms with E-state index in [9.17, 15) is 4.79 Å². The molecule has 7 heteroatoms. The Morgan fingerprint density at radius 3 is 3.06 bits per heavy atom. The Morgan fingerprint density at radius 2 is 2.33 bits per heavy atom. The number of thioether (sulfide) groups is 1. The van der Waals surface area contributed by atoms with E-state index < -0.39 is 0 Å². The van der Waals surface area contributed by atoms with E-state index in [1.165, 1.54) is 11.8 Å². The molecule has 0 spiro atoms. The zero-order chi connectivity index (χ0) is 12.7. The molecule has 1 amide bonds. The molecule has 18 heavy (non-hydrogen) atoms. The maximum absolute atomic E-state index is 11.6. The molecular formula is C11H8ClN3OS2. The molecule has 1 N–H and O–H groups in total. The number of amides is 1. The highest BCUT2D eigenvalue weighted by atomic mass is 35.5. The molecule has 0 saturated carbocycles. The molecule has 4 nitrogen and oxygen atoms in total. The molecule has 2 aromatic rings. The van der Waals surface area contributed by atoms with Crippen LogP contribution in [0.5, 0.6) is 0 Å². The molecule has 0 bridgehead atoms. The van der Waals surface area contributed by atoms with Crippen LogP contribution in [0.1, 0.15) is 6.92 Å². The molecule has 1 aromatic heterocycles. The van der Waals surface area contributed by atoms with Gasteiger partial charge in [0.25, 0.3) is 5.91 Å². The quantitative estimate of drug-likeness (QED) is 0.927. The van der Waals surface area contributed by atoms with Gasteiger partial charge in [-0.25, -0.2) is 10.4 Å². The van der Waals surface area contributed by atoms with Gasteiger partial charge in [0.2, 0.25) is 0 Å². The second-order valence-electron chi connectivity index (χ2n) is 3.82. The number of hydrogen-bond acceptors (Lipinski definition) is 5. The predicted molar refractivity (Wildman–Crippen MR) is 75.5 cm³/mol. The van der Waals surface area contributed by atoms with Crippen molar-refractivity contribution in [1.29, 1.82) is 0 Å². The third kappa shape index (κ3) is 2.11. The summed E-state index contributed by atoms with van der Waals surface area (Å²) in [6.45, 7) is 1.83. The summed E-state index contributed by atoms with van der Waals surface area (Å²) < 4.78 is 1.92. The summed E-state index contributed by atoms with van der Waals surface area (Å²) in [6, 6.07) is 5.60. The molecule has 3 rings (SSSR count). The lowest BCUT2D eigenvalue weighted by Crippen LogP contribution is -2.24. The van der Waals surface area contributed by atoms with Gasteiger partial charge in [-0.15, -0.1) is 11.3 Å². The zero-order valence-electron chi connectivity index (χ0n) is 9.31. The van der Waals surface area contributed by atoms with Crippen molar-refractivity contribution in [3.05, 3.63) is 23.2 Å². The molecular weight excluding hydrogens is 290 g/mol. The first-order valence-corrected chi connectivity index (χ1v) is 7.28. The number of fused-ring (bicyclic) bond motifs is 1. The van der Waals surface area contributed by atoms with Gasteiger partial charge in [-0.05, 0) is 25.1 Å². The summed E-state index contributed by atoms with van der Waals surface area (Å²) in [5.74, 6) is -0.0882. The molecule has 0 radical (unpaired) electrons. The predicted octanol–water partition coefficient (Wildman–Crippen LogP) is 2.92. The monoisotopic (exact) mass is 297 g/mol. The maximum Gasteiger partial charge on any atom is 0.259 e. The lowest BCUT2D eigenvalue weighted by molar-refractivity contribution is -0.118. The average Bonchev–Trinajstić information content (AvgIpc) is 2.86. The van der Waals surface area contributed by atoms with Crippen molar-refractivity contribution in [2.75, 3.05) is 0 Å². The van der Waals surface area contributed by atoms with E-state index >= 15 is 0 Å². The number of benzene rings is 1. The minimum Gasteiger partial charge on any atom is -0.271 e. The van der Waals surface area contributed by atoms with Gasteiger partial charge in [0.1, 0.15) is 5.25 Å². The summed E-state index contributed by atoms with van der Waals surface area (Å²) in [6.07, 6.45) is 0. The molecule has 92 valence electrons. The number of halogens is 1. The van der Waals surface area contributed by atoms with Crippen LogP contribution in [0, 0.1) is 0 Å². The van der Waals surface area contributed by atoms with Crippen LogP contribution in [-0.2, 0) is 4.79 Å². The minimum atomic E-state index is -0.277. The van der Waals surface area contributed by atoms with E-state index in [-0.39, 0.29) is 11.2 Å². The van der Waals surface area contributed by atoms with Crippen molar-refractivity contribution in [3.8, 4) is 0 Å². The number of nitrogens with one attached hydrogen (secondary N) is 1. The molecule has 1 unspecified atom stereocenters. The topological polar surface area (TPSA) is 54.4 Å². The molecule has 1 aromatic carbocycles. The molecule has 1 aliphatic rings. The van der Waals surface area contributed by atoms with Crippen molar-refractivity contribution in [1.82, 2.24) is 10.4 Å². The summed E-state index contributed by atoms with van der Waals surface area (Å²) in [5, 5.41) is 4.31. The Hall–Kier alpha value is -1.11. The molecule has 0 aliphatic carbocycles. The fourth-order valence-electron chi connectivity index (χ4n) is 1.62. The smallest absolute Gasteiger partial charge is 0.259 e. The Bertz CT molecular complexity index is 667. The van der Waals surface area contributed by atoms with Crippen molar-refractivity contribution in [2.45, 2.75) is 16.5 Å². The number of carbonyl (C=O) groups is 1. The molecule has 0 saturated heterocycles. The number of aromatic nitrogens is 1. The van der Waals surface area contributed by atoms with Gasteiger partial charge < -0.3 is 0 Å².